The molecule has 0 spiro atoms. The first-order valence-corrected chi connectivity index (χ1v) is 7.11. The van der Waals surface area contributed by atoms with Crippen LogP contribution in [0.3, 0.4) is 0 Å². The molecule has 0 radical (unpaired) electrons. The van der Waals surface area contributed by atoms with Gasteiger partial charge in [-0.1, -0.05) is 52.5 Å². The molecule has 2 aromatic rings. The topological polar surface area (TPSA) is 17.1 Å². The maximum absolute atomic E-state index is 12.0. The Hall–Kier alpha value is -0.990. The highest BCUT2D eigenvalue weighted by Gasteiger charge is 2.08. The SMILES string of the molecule is O=C(C=Cc1ccc(Cl)cc1Cl)c1ccc(Cl)cc1Cl. The minimum atomic E-state index is -0.224. The molecule has 102 valence electrons. The van der Waals surface area contributed by atoms with Crippen molar-refractivity contribution in [1.82, 2.24) is 0 Å². The molecular formula is C15H8Cl4O. The van der Waals surface area contributed by atoms with Crippen LogP contribution in [-0.2, 0) is 0 Å². The van der Waals surface area contributed by atoms with Crippen LogP contribution in [0.25, 0.3) is 6.08 Å². The Kier molecular flexibility index (Phi) is 5.11. The lowest BCUT2D eigenvalue weighted by Gasteiger charge is -2.01. The smallest absolute Gasteiger partial charge is 0.187 e. The number of benzene rings is 2. The molecule has 2 rings (SSSR count). The Bertz CT molecular complexity index is 692. The summed E-state index contributed by atoms with van der Waals surface area (Å²) in [6, 6.07) is 9.78. The lowest BCUT2D eigenvalue weighted by Crippen LogP contribution is -1.95. The van der Waals surface area contributed by atoms with Crippen LogP contribution >= 0.6 is 46.4 Å². The van der Waals surface area contributed by atoms with E-state index in [0.29, 0.717) is 31.2 Å². The Morgan fingerprint density at radius 2 is 1.45 bits per heavy atom. The number of halogens is 4. The van der Waals surface area contributed by atoms with Gasteiger partial charge in [-0.25, -0.2) is 0 Å². The number of hydrogen-bond acceptors (Lipinski definition) is 1. The van der Waals surface area contributed by atoms with Gasteiger partial charge in [-0.05, 0) is 48.0 Å². The highest BCUT2D eigenvalue weighted by atomic mass is 35.5. The largest absolute Gasteiger partial charge is 0.289 e. The Balaban J connectivity index is 2.24. The number of carbonyl (C=O) groups excluding carboxylic acids is 1. The van der Waals surface area contributed by atoms with Crippen molar-refractivity contribution in [3.8, 4) is 0 Å². The van der Waals surface area contributed by atoms with Gasteiger partial charge in [0.1, 0.15) is 0 Å². The van der Waals surface area contributed by atoms with E-state index in [0.717, 1.165) is 0 Å². The van der Waals surface area contributed by atoms with E-state index in [1.165, 1.54) is 12.1 Å². The zero-order valence-corrected chi connectivity index (χ0v) is 13.1. The fourth-order valence-electron chi connectivity index (χ4n) is 1.58. The second-order valence-corrected chi connectivity index (χ2v) is 5.67. The predicted molar refractivity (Wildman–Crippen MR) is 86.3 cm³/mol. The molecule has 0 aromatic heterocycles. The summed E-state index contributed by atoms with van der Waals surface area (Å²) < 4.78 is 0. The first-order chi connectivity index (χ1) is 9.47. The van der Waals surface area contributed by atoms with Crippen LogP contribution in [0.5, 0.6) is 0 Å². The lowest BCUT2D eigenvalue weighted by molar-refractivity contribution is 0.104. The van der Waals surface area contributed by atoms with Gasteiger partial charge in [-0.15, -0.1) is 0 Å². The van der Waals surface area contributed by atoms with Gasteiger partial charge < -0.3 is 0 Å². The zero-order chi connectivity index (χ0) is 14.7. The molecule has 0 aliphatic carbocycles. The second-order valence-electron chi connectivity index (χ2n) is 3.99. The van der Waals surface area contributed by atoms with Crippen LogP contribution in [0, 0.1) is 0 Å². The Labute approximate surface area is 136 Å². The monoisotopic (exact) mass is 344 g/mol. The van der Waals surface area contributed by atoms with Crippen molar-refractivity contribution in [2.45, 2.75) is 0 Å². The summed E-state index contributed by atoms with van der Waals surface area (Å²) in [5.74, 6) is -0.224. The third kappa shape index (κ3) is 3.77. The number of hydrogen-bond donors (Lipinski definition) is 0. The van der Waals surface area contributed by atoms with E-state index >= 15 is 0 Å². The summed E-state index contributed by atoms with van der Waals surface area (Å²) in [5, 5.41) is 1.81. The summed E-state index contributed by atoms with van der Waals surface area (Å²) >= 11 is 23.6. The summed E-state index contributed by atoms with van der Waals surface area (Å²) in [5.41, 5.74) is 1.09. The van der Waals surface area contributed by atoms with Crippen molar-refractivity contribution in [2.24, 2.45) is 0 Å². The van der Waals surface area contributed by atoms with E-state index in [2.05, 4.69) is 0 Å². The van der Waals surface area contributed by atoms with Crippen molar-refractivity contribution < 1.29 is 4.79 Å². The summed E-state index contributed by atoms with van der Waals surface area (Å²) in [6.07, 6.45) is 3.02. The molecule has 0 unspecified atom stereocenters. The molecular weight excluding hydrogens is 338 g/mol. The number of ketones is 1. The quantitative estimate of drug-likeness (QED) is 0.478. The molecule has 0 N–H and O–H groups in total. The molecule has 0 aliphatic heterocycles. The van der Waals surface area contributed by atoms with Crippen LogP contribution in [0.15, 0.2) is 42.5 Å². The first-order valence-electron chi connectivity index (χ1n) is 5.60. The van der Waals surface area contributed by atoms with Crippen LogP contribution in [-0.4, -0.2) is 5.78 Å². The number of rotatable bonds is 3. The van der Waals surface area contributed by atoms with E-state index < -0.39 is 0 Å². The molecule has 1 nitrogen and oxygen atoms in total. The minimum absolute atomic E-state index is 0.224. The van der Waals surface area contributed by atoms with Gasteiger partial charge in [0.05, 0.1) is 5.02 Å². The Morgan fingerprint density at radius 3 is 2.05 bits per heavy atom. The average Bonchev–Trinajstić information content (AvgIpc) is 2.37. The summed E-state index contributed by atoms with van der Waals surface area (Å²) in [7, 11) is 0. The van der Waals surface area contributed by atoms with Crippen molar-refractivity contribution in [2.75, 3.05) is 0 Å². The molecule has 0 bridgehead atoms. The minimum Gasteiger partial charge on any atom is -0.289 e. The van der Waals surface area contributed by atoms with Crippen molar-refractivity contribution in [3.63, 3.8) is 0 Å². The molecule has 0 aliphatic rings. The van der Waals surface area contributed by atoms with E-state index in [9.17, 15) is 4.79 Å². The van der Waals surface area contributed by atoms with Crippen molar-refractivity contribution >= 4 is 58.3 Å². The molecule has 5 heteroatoms. The van der Waals surface area contributed by atoms with Gasteiger partial charge >= 0.3 is 0 Å². The molecule has 0 saturated heterocycles. The van der Waals surface area contributed by atoms with Crippen LogP contribution < -0.4 is 0 Å². The maximum Gasteiger partial charge on any atom is 0.187 e. The van der Waals surface area contributed by atoms with E-state index in [-0.39, 0.29) is 5.78 Å². The highest BCUT2D eigenvalue weighted by molar-refractivity contribution is 6.37. The van der Waals surface area contributed by atoms with Crippen molar-refractivity contribution in [1.29, 1.82) is 0 Å². The zero-order valence-electron chi connectivity index (χ0n) is 10.0. The van der Waals surface area contributed by atoms with Gasteiger partial charge in [-0.3, -0.25) is 4.79 Å². The fraction of sp³-hybridized carbons (Fsp3) is 0. The molecule has 0 heterocycles. The Morgan fingerprint density at radius 1 is 0.850 bits per heavy atom. The second kappa shape index (κ2) is 6.64. The molecule has 0 saturated carbocycles. The molecule has 20 heavy (non-hydrogen) atoms. The van der Waals surface area contributed by atoms with Crippen LogP contribution in [0.1, 0.15) is 15.9 Å². The van der Waals surface area contributed by atoms with Crippen molar-refractivity contribution in [3.05, 3.63) is 73.7 Å². The van der Waals surface area contributed by atoms with Gasteiger partial charge in [-0.2, -0.15) is 0 Å². The number of allylic oxidation sites excluding steroid dienone is 1. The predicted octanol–water partition coefficient (Wildman–Crippen LogP) is 6.20. The molecule has 0 amide bonds. The third-order valence-electron chi connectivity index (χ3n) is 2.57. The van der Waals surface area contributed by atoms with Gasteiger partial charge in [0.25, 0.3) is 0 Å². The normalized spacial score (nSPS) is 11.0. The lowest BCUT2D eigenvalue weighted by atomic mass is 10.1. The van der Waals surface area contributed by atoms with Gasteiger partial charge in [0, 0.05) is 20.6 Å². The van der Waals surface area contributed by atoms with E-state index in [4.69, 9.17) is 46.4 Å². The van der Waals surface area contributed by atoms with E-state index in [1.807, 2.05) is 0 Å². The highest BCUT2D eigenvalue weighted by Crippen LogP contribution is 2.24. The number of carbonyl (C=O) groups is 1. The fourth-order valence-corrected chi connectivity index (χ4v) is 2.55. The van der Waals surface area contributed by atoms with Gasteiger partial charge in [0.2, 0.25) is 0 Å². The molecule has 2 aromatic carbocycles. The maximum atomic E-state index is 12.0. The third-order valence-corrected chi connectivity index (χ3v) is 3.68. The standard InChI is InChI=1S/C15H8Cl4O/c16-10-3-1-9(13(18)7-10)2-6-15(20)12-5-4-11(17)8-14(12)19/h1-8H. The average molecular weight is 346 g/mol. The molecule has 0 fully saturated rings. The van der Waals surface area contributed by atoms with Crippen LogP contribution in [0.2, 0.25) is 20.1 Å². The van der Waals surface area contributed by atoms with E-state index in [1.54, 1.807) is 36.4 Å². The summed E-state index contributed by atoms with van der Waals surface area (Å²) in [6.45, 7) is 0. The first kappa shape index (κ1) is 15.4. The summed E-state index contributed by atoms with van der Waals surface area (Å²) in [4.78, 5) is 12.0. The van der Waals surface area contributed by atoms with Gasteiger partial charge in [0.15, 0.2) is 5.78 Å². The molecule has 0 atom stereocenters. The van der Waals surface area contributed by atoms with Crippen LogP contribution in [0.4, 0.5) is 0 Å².